The van der Waals surface area contributed by atoms with Gasteiger partial charge in [0.1, 0.15) is 5.69 Å². The van der Waals surface area contributed by atoms with E-state index in [1.165, 1.54) is 6.26 Å². The molecular weight excluding hydrogens is 430 g/mol. The van der Waals surface area contributed by atoms with Gasteiger partial charge in [-0.25, -0.2) is 4.98 Å². The number of furan rings is 1. The second-order valence-corrected chi connectivity index (χ2v) is 8.17. The molecule has 0 saturated carbocycles. The highest BCUT2D eigenvalue weighted by Crippen LogP contribution is 2.32. The second kappa shape index (κ2) is 9.79. The van der Waals surface area contributed by atoms with Crippen molar-refractivity contribution < 1.29 is 18.4 Å². The Morgan fingerprint density at radius 1 is 0.794 bits per heavy atom. The number of amides is 2. The smallest absolute Gasteiger partial charge is 0.289 e. The molecule has 5 rings (SSSR count). The summed E-state index contributed by atoms with van der Waals surface area (Å²) in [6, 6.07) is 23.1. The highest BCUT2D eigenvalue weighted by atomic mass is 16.4. The van der Waals surface area contributed by atoms with Gasteiger partial charge in [-0.3, -0.25) is 9.59 Å². The normalized spacial score (nSPS) is 13.8. The lowest BCUT2D eigenvalue weighted by Crippen LogP contribution is -2.50. The zero-order chi connectivity index (χ0) is 23.3. The van der Waals surface area contributed by atoms with Crippen molar-refractivity contribution in [1.29, 1.82) is 0 Å². The number of carbonyl (C=O) groups is 2. The quantitative estimate of drug-likeness (QED) is 0.427. The van der Waals surface area contributed by atoms with E-state index >= 15 is 0 Å². The summed E-state index contributed by atoms with van der Waals surface area (Å²) in [5, 5.41) is 0. The Balaban J connectivity index is 1.23. The third kappa shape index (κ3) is 4.64. The van der Waals surface area contributed by atoms with Crippen molar-refractivity contribution in [1.82, 2.24) is 14.8 Å². The Hall–Kier alpha value is -4.13. The van der Waals surface area contributed by atoms with Gasteiger partial charge in [0.15, 0.2) is 17.4 Å². The fraction of sp³-hybridized carbons (Fsp3) is 0.222. The van der Waals surface area contributed by atoms with E-state index in [9.17, 15) is 9.59 Å². The number of benzene rings is 2. The van der Waals surface area contributed by atoms with Crippen LogP contribution in [-0.4, -0.2) is 52.8 Å². The molecule has 0 bridgehead atoms. The van der Waals surface area contributed by atoms with E-state index in [-0.39, 0.29) is 11.8 Å². The molecule has 0 radical (unpaired) electrons. The van der Waals surface area contributed by atoms with E-state index in [1.807, 2.05) is 60.7 Å². The maximum Gasteiger partial charge on any atom is 0.289 e. The van der Waals surface area contributed by atoms with Crippen LogP contribution < -0.4 is 0 Å². The molecule has 2 amide bonds. The number of carbonyl (C=O) groups excluding carboxylic acids is 2. The number of hydrogen-bond donors (Lipinski definition) is 0. The summed E-state index contributed by atoms with van der Waals surface area (Å²) in [4.78, 5) is 33.5. The Labute approximate surface area is 197 Å². The van der Waals surface area contributed by atoms with Crippen molar-refractivity contribution in [2.75, 3.05) is 26.2 Å². The minimum Gasteiger partial charge on any atom is -0.459 e. The van der Waals surface area contributed by atoms with Crippen LogP contribution in [0.2, 0.25) is 0 Å². The molecule has 1 aliphatic heterocycles. The highest BCUT2D eigenvalue weighted by Gasteiger charge is 2.26. The Morgan fingerprint density at radius 3 is 2.09 bits per heavy atom. The lowest BCUT2D eigenvalue weighted by Gasteiger charge is -2.34. The van der Waals surface area contributed by atoms with E-state index < -0.39 is 0 Å². The molecule has 172 valence electrons. The molecule has 1 fully saturated rings. The molecule has 7 nitrogen and oxygen atoms in total. The summed E-state index contributed by atoms with van der Waals surface area (Å²) in [5.41, 5.74) is 2.70. The second-order valence-electron chi connectivity index (χ2n) is 8.17. The predicted octanol–water partition coefficient (Wildman–Crippen LogP) is 4.52. The first-order valence-corrected chi connectivity index (χ1v) is 11.4. The van der Waals surface area contributed by atoms with Gasteiger partial charge in [-0.2, -0.15) is 0 Å². The summed E-state index contributed by atoms with van der Waals surface area (Å²) >= 11 is 0. The minimum absolute atomic E-state index is 0.0332. The van der Waals surface area contributed by atoms with Gasteiger partial charge in [-0.1, -0.05) is 60.7 Å². The third-order valence-electron chi connectivity index (χ3n) is 5.96. The Morgan fingerprint density at radius 2 is 1.44 bits per heavy atom. The lowest BCUT2D eigenvalue weighted by atomic mass is 10.1. The van der Waals surface area contributed by atoms with E-state index in [0.29, 0.717) is 56.4 Å². The molecule has 2 aromatic heterocycles. The highest BCUT2D eigenvalue weighted by molar-refractivity contribution is 5.91. The zero-order valence-electron chi connectivity index (χ0n) is 18.7. The summed E-state index contributed by atoms with van der Waals surface area (Å²) in [7, 11) is 0. The van der Waals surface area contributed by atoms with Crippen LogP contribution in [0.5, 0.6) is 0 Å². The largest absolute Gasteiger partial charge is 0.459 e. The molecule has 0 N–H and O–H groups in total. The molecular formula is C27H25N3O4. The number of rotatable bonds is 6. The van der Waals surface area contributed by atoms with Crippen LogP contribution in [0.1, 0.15) is 22.9 Å². The molecule has 2 aromatic carbocycles. The van der Waals surface area contributed by atoms with E-state index in [4.69, 9.17) is 13.8 Å². The Kier molecular flexibility index (Phi) is 6.25. The number of piperazine rings is 1. The molecule has 0 aliphatic carbocycles. The predicted molar refractivity (Wildman–Crippen MR) is 127 cm³/mol. The van der Waals surface area contributed by atoms with E-state index in [2.05, 4.69) is 0 Å². The van der Waals surface area contributed by atoms with Crippen molar-refractivity contribution in [3.05, 3.63) is 90.7 Å². The lowest BCUT2D eigenvalue weighted by molar-refractivity contribution is -0.132. The summed E-state index contributed by atoms with van der Waals surface area (Å²) in [6.45, 7) is 1.98. The van der Waals surface area contributed by atoms with Gasteiger partial charge in [0.25, 0.3) is 5.91 Å². The summed E-state index contributed by atoms with van der Waals surface area (Å²) in [6.07, 6.45) is 2.20. The average Bonchev–Trinajstić information content (AvgIpc) is 3.59. The van der Waals surface area contributed by atoms with E-state index in [1.54, 1.807) is 21.9 Å². The zero-order valence-corrected chi connectivity index (χ0v) is 18.7. The molecule has 34 heavy (non-hydrogen) atoms. The number of aromatic nitrogens is 1. The molecule has 7 heteroatoms. The SMILES string of the molecule is O=C(CCc1nc(-c2ccccc2)c(-c2ccccc2)o1)N1CCN(C(=O)c2ccco2)CC1. The molecule has 0 atom stereocenters. The van der Waals surface area contributed by atoms with Gasteiger partial charge in [0.05, 0.1) is 6.26 Å². The maximum absolute atomic E-state index is 12.8. The maximum atomic E-state index is 12.8. The number of nitrogens with zero attached hydrogens (tertiary/aromatic N) is 3. The van der Waals surface area contributed by atoms with Gasteiger partial charge >= 0.3 is 0 Å². The number of hydrogen-bond acceptors (Lipinski definition) is 5. The Bertz CT molecular complexity index is 1180. The topological polar surface area (TPSA) is 79.8 Å². The first-order chi connectivity index (χ1) is 16.7. The molecule has 1 aliphatic rings. The van der Waals surface area contributed by atoms with E-state index in [0.717, 1.165) is 16.8 Å². The van der Waals surface area contributed by atoms with Crippen molar-refractivity contribution in [3.63, 3.8) is 0 Å². The van der Waals surface area contributed by atoms with Gasteiger partial charge < -0.3 is 18.6 Å². The van der Waals surface area contributed by atoms with Crippen molar-refractivity contribution in [2.24, 2.45) is 0 Å². The molecule has 4 aromatic rings. The third-order valence-corrected chi connectivity index (χ3v) is 5.96. The monoisotopic (exact) mass is 455 g/mol. The first-order valence-electron chi connectivity index (χ1n) is 11.4. The molecule has 0 unspecified atom stereocenters. The molecule has 1 saturated heterocycles. The van der Waals surface area contributed by atoms with Gasteiger partial charge in [0.2, 0.25) is 5.91 Å². The van der Waals surface area contributed by atoms with Crippen LogP contribution in [-0.2, 0) is 11.2 Å². The van der Waals surface area contributed by atoms with Crippen molar-refractivity contribution >= 4 is 11.8 Å². The van der Waals surface area contributed by atoms with Crippen LogP contribution in [0, 0.1) is 0 Å². The van der Waals surface area contributed by atoms with Crippen molar-refractivity contribution in [3.8, 4) is 22.6 Å². The first kappa shape index (κ1) is 21.7. The fourth-order valence-corrected chi connectivity index (χ4v) is 4.14. The average molecular weight is 456 g/mol. The van der Waals surface area contributed by atoms with Crippen LogP contribution >= 0.6 is 0 Å². The number of oxazole rings is 1. The summed E-state index contributed by atoms with van der Waals surface area (Å²) < 4.78 is 11.3. The van der Waals surface area contributed by atoms with Crippen LogP contribution in [0.3, 0.4) is 0 Å². The van der Waals surface area contributed by atoms with Crippen molar-refractivity contribution in [2.45, 2.75) is 12.8 Å². The standard InChI is InChI=1S/C27H25N3O4/c31-24(29-15-17-30(18-16-29)27(32)22-12-7-19-33-22)14-13-23-28-25(20-8-3-1-4-9-20)26(34-23)21-10-5-2-6-11-21/h1-12,19H,13-18H2. The van der Waals surface area contributed by atoms with Gasteiger partial charge in [-0.15, -0.1) is 0 Å². The van der Waals surface area contributed by atoms with Gasteiger partial charge in [0, 0.05) is 50.1 Å². The van der Waals surface area contributed by atoms with Crippen LogP contribution in [0.25, 0.3) is 22.6 Å². The van der Waals surface area contributed by atoms with Gasteiger partial charge in [-0.05, 0) is 12.1 Å². The number of aryl methyl sites for hydroxylation is 1. The molecule has 0 spiro atoms. The minimum atomic E-state index is -0.140. The van der Waals surface area contributed by atoms with Crippen LogP contribution in [0.4, 0.5) is 0 Å². The molecule has 3 heterocycles. The summed E-state index contributed by atoms with van der Waals surface area (Å²) in [5.74, 6) is 1.47. The van der Waals surface area contributed by atoms with Crippen LogP contribution in [0.15, 0.2) is 87.9 Å². The fourth-order valence-electron chi connectivity index (χ4n) is 4.14.